The van der Waals surface area contributed by atoms with E-state index in [2.05, 4.69) is 32.5 Å². The van der Waals surface area contributed by atoms with Gasteiger partial charge >= 0.3 is 13.3 Å². The number of halogens is 4. The zero-order valence-corrected chi connectivity index (χ0v) is 17.3. The highest BCUT2D eigenvalue weighted by Crippen LogP contribution is 2.35. The summed E-state index contributed by atoms with van der Waals surface area (Å²) in [6.45, 7) is 3.37. The molecule has 1 aliphatic heterocycles. The highest BCUT2D eigenvalue weighted by molar-refractivity contribution is 6.61. The van der Waals surface area contributed by atoms with Crippen LogP contribution < -0.4 is 21.4 Å². The summed E-state index contributed by atoms with van der Waals surface area (Å²) in [6.07, 6.45) is -3.17. The Kier molecular flexibility index (Phi) is 6.22. The molecule has 0 atom stereocenters. The Bertz CT molecular complexity index is 1270. The molecule has 4 rings (SSSR count). The van der Waals surface area contributed by atoms with Crippen LogP contribution in [0.3, 0.4) is 0 Å². The summed E-state index contributed by atoms with van der Waals surface area (Å²) in [7, 11) is -1.24. The molecule has 0 fully saturated rings. The van der Waals surface area contributed by atoms with E-state index in [0.29, 0.717) is 22.9 Å². The lowest BCUT2D eigenvalue weighted by atomic mass is 9.79. The van der Waals surface area contributed by atoms with Gasteiger partial charge in [0.05, 0.1) is 12.3 Å². The summed E-state index contributed by atoms with van der Waals surface area (Å²) >= 11 is 0. The van der Waals surface area contributed by atoms with Gasteiger partial charge in [-0.2, -0.15) is 18.2 Å². The maximum absolute atomic E-state index is 14.5. The van der Waals surface area contributed by atoms with Crippen LogP contribution >= 0.6 is 0 Å². The van der Waals surface area contributed by atoms with Crippen LogP contribution in [0.4, 0.5) is 46.4 Å². The first-order chi connectivity index (χ1) is 16.1. The molecular formula is C21H16BF4N5O3. The van der Waals surface area contributed by atoms with E-state index in [-0.39, 0.29) is 23.9 Å². The monoisotopic (exact) mass is 473 g/mol. The maximum atomic E-state index is 14.5. The predicted octanol–water partition coefficient (Wildman–Crippen LogP) is 3.46. The Labute approximate surface area is 190 Å². The van der Waals surface area contributed by atoms with Gasteiger partial charge in [0.1, 0.15) is 17.2 Å². The average Bonchev–Trinajstić information content (AvgIpc) is 3.13. The molecule has 1 amide bonds. The fourth-order valence-electron chi connectivity index (χ4n) is 3.21. The zero-order valence-electron chi connectivity index (χ0n) is 17.3. The zero-order chi connectivity index (χ0) is 24.5. The number of carbonyl (C=O) groups is 1. The van der Waals surface area contributed by atoms with Gasteiger partial charge in [-0.05, 0) is 47.4 Å². The van der Waals surface area contributed by atoms with E-state index < -0.39 is 36.4 Å². The van der Waals surface area contributed by atoms with E-state index in [1.807, 2.05) is 0 Å². The summed E-state index contributed by atoms with van der Waals surface area (Å²) < 4.78 is 60.1. The first-order valence-electron chi connectivity index (χ1n) is 9.78. The van der Waals surface area contributed by atoms with Crippen molar-refractivity contribution in [3.63, 3.8) is 0 Å². The van der Waals surface area contributed by atoms with Gasteiger partial charge in [-0.3, -0.25) is 4.79 Å². The number of nitrogens with one attached hydrogen (secondary N) is 3. The molecule has 2 aromatic carbocycles. The summed E-state index contributed by atoms with van der Waals surface area (Å²) in [6, 6.07) is 8.36. The van der Waals surface area contributed by atoms with Gasteiger partial charge in [0.2, 0.25) is 11.9 Å². The lowest BCUT2D eigenvalue weighted by Crippen LogP contribution is -2.28. The molecule has 13 heteroatoms. The van der Waals surface area contributed by atoms with Crippen LogP contribution in [-0.4, -0.2) is 28.0 Å². The van der Waals surface area contributed by atoms with E-state index in [9.17, 15) is 27.4 Å². The Morgan fingerprint density at radius 3 is 2.71 bits per heavy atom. The van der Waals surface area contributed by atoms with Crippen LogP contribution in [0.1, 0.15) is 11.1 Å². The normalized spacial score (nSPS) is 12.8. The van der Waals surface area contributed by atoms with Crippen LogP contribution in [0.2, 0.25) is 0 Å². The second-order valence-corrected chi connectivity index (χ2v) is 7.17. The van der Waals surface area contributed by atoms with Crippen LogP contribution in [0.25, 0.3) is 0 Å². The van der Waals surface area contributed by atoms with Gasteiger partial charge in [0, 0.05) is 17.6 Å². The quantitative estimate of drug-likeness (QED) is 0.247. The minimum absolute atomic E-state index is 0.0326. The summed E-state index contributed by atoms with van der Waals surface area (Å²) in [5.41, 5.74) is -0.0139. The number of hydrogen-bond donors (Lipinski definition) is 4. The highest BCUT2D eigenvalue weighted by Gasteiger charge is 2.35. The fourth-order valence-corrected chi connectivity index (χ4v) is 3.21. The number of aromatic nitrogens is 2. The van der Waals surface area contributed by atoms with Crippen molar-refractivity contribution < 1.29 is 32.0 Å². The third-order valence-electron chi connectivity index (χ3n) is 4.81. The number of benzene rings is 2. The minimum Gasteiger partial charge on any atom is -0.423 e. The van der Waals surface area contributed by atoms with Gasteiger partial charge in [-0.15, -0.1) is 0 Å². The average molecular weight is 473 g/mol. The van der Waals surface area contributed by atoms with Gasteiger partial charge in [0.25, 0.3) is 0 Å². The number of amides is 1. The first-order valence-corrected chi connectivity index (χ1v) is 9.78. The number of nitrogens with zero attached hydrogens (tertiary/aromatic N) is 2. The molecular weight excluding hydrogens is 457 g/mol. The number of alkyl halides is 3. The smallest absolute Gasteiger partial charge is 0.423 e. The largest absolute Gasteiger partial charge is 0.491 e. The Morgan fingerprint density at radius 1 is 1.21 bits per heavy atom. The van der Waals surface area contributed by atoms with Gasteiger partial charge in [0.15, 0.2) is 0 Å². The fraction of sp³-hybridized carbons (Fsp3) is 0.0952. The number of rotatable bonds is 6. The molecule has 0 spiro atoms. The van der Waals surface area contributed by atoms with Crippen molar-refractivity contribution in [2.75, 3.05) is 16.0 Å². The third-order valence-corrected chi connectivity index (χ3v) is 4.81. The Hall–Kier alpha value is -3.97. The molecule has 0 radical (unpaired) electrons. The molecule has 3 aromatic rings. The summed E-state index contributed by atoms with van der Waals surface area (Å²) in [4.78, 5) is 19.0. The molecule has 2 heterocycles. The number of anilines is 5. The molecule has 4 N–H and O–H groups in total. The SMILES string of the molecule is C=CC(=O)Nc1cccc(Nc2nc(Nc3cc4c(cc3F)COB4O)ncc2C(F)(F)F)c1. The van der Waals surface area contributed by atoms with Crippen molar-refractivity contribution in [1.29, 1.82) is 0 Å². The highest BCUT2D eigenvalue weighted by atomic mass is 19.4. The van der Waals surface area contributed by atoms with Crippen molar-refractivity contribution in [2.24, 2.45) is 0 Å². The van der Waals surface area contributed by atoms with Crippen molar-refractivity contribution in [2.45, 2.75) is 12.8 Å². The van der Waals surface area contributed by atoms with E-state index >= 15 is 0 Å². The molecule has 174 valence electrons. The summed E-state index contributed by atoms with van der Waals surface area (Å²) in [5, 5.41) is 17.4. The van der Waals surface area contributed by atoms with Gasteiger partial charge in [-0.25, -0.2) is 9.37 Å². The number of hydrogen-bond acceptors (Lipinski definition) is 7. The van der Waals surface area contributed by atoms with Crippen LogP contribution in [0.15, 0.2) is 55.3 Å². The van der Waals surface area contributed by atoms with E-state index in [1.165, 1.54) is 24.3 Å². The number of carbonyl (C=O) groups excluding carboxylic acids is 1. The minimum atomic E-state index is -4.78. The molecule has 0 saturated carbocycles. The Morgan fingerprint density at radius 2 is 1.97 bits per heavy atom. The molecule has 1 aromatic heterocycles. The van der Waals surface area contributed by atoms with E-state index in [1.54, 1.807) is 6.07 Å². The van der Waals surface area contributed by atoms with Gasteiger partial charge in [-0.1, -0.05) is 12.6 Å². The van der Waals surface area contributed by atoms with E-state index in [4.69, 9.17) is 4.65 Å². The molecule has 0 saturated heterocycles. The van der Waals surface area contributed by atoms with Crippen LogP contribution in [-0.2, 0) is 22.2 Å². The first kappa shape index (κ1) is 23.2. The lowest BCUT2D eigenvalue weighted by Gasteiger charge is -2.16. The molecule has 0 unspecified atom stereocenters. The lowest BCUT2D eigenvalue weighted by molar-refractivity contribution is -0.137. The van der Waals surface area contributed by atoms with Crippen molar-refractivity contribution in [1.82, 2.24) is 9.97 Å². The van der Waals surface area contributed by atoms with Crippen LogP contribution in [0.5, 0.6) is 0 Å². The molecule has 0 bridgehead atoms. The Balaban J connectivity index is 1.65. The van der Waals surface area contributed by atoms with Gasteiger partial charge < -0.3 is 25.6 Å². The van der Waals surface area contributed by atoms with Crippen LogP contribution in [0, 0.1) is 5.82 Å². The van der Waals surface area contributed by atoms with E-state index in [0.717, 1.165) is 12.1 Å². The maximum Gasteiger partial charge on any atom is 0.491 e. The number of fused-ring (bicyclic) bond motifs is 1. The standard InChI is InChI=1S/C21H16BF4N5O3/c1-2-18(32)28-12-4-3-5-13(7-12)29-19-14(21(24,25)26)9-27-20(31-19)30-17-8-15-11(6-16(17)23)10-34-22(15)33/h2-9,33H,1,10H2,(H,28,32)(H2,27,29,30,31). The van der Waals surface area contributed by atoms with Crippen molar-refractivity contribution in [3.8, 4) is 0 Å². The molecule has 0 aliphatic carbocycles. The second kappa shape index (κ2) is 9.12. The topological polar surface area (TPSA) is 108 Å². The predicted molar refractivity (Wildman–Crippen MR) is 118 cm³/mol. The second-order valence-electron chi connectivity index (χ2n) is 7.17. The third kappa shape index (κ3) is 5.00. The molecule has 8 nitrogen and oxygen atoms in total. The molecule has 34 heavy (non-hydrogen) atoms. The van der Waals surface area contributed by atoms with Crippen molar-refractivity contribution in [3.05, 3.63) is 72.2 Å². The van der Waals surface area contributed by atoms with Crippen molar-refractivity contribution >= 4 is 47.3 Å². The molecule has 1 aliphatic rings. The summed E-state index contributed by atoms with van der Waals surface area (Å²) in [5.74, 6) is -2.13.